The molecule has 0 heterocycles. The second-order valence-corrected chi connectivity index (χ2v) is 7.35. The summed E-state index contributed by atoms with van der Waals surface area (Å²) in [6.07, 6.45) is 4.62. The van der Waals surface area contributed by atoms with Crippen molar-refractivity contribution in [2.24, 2.45) is 11.3 Å². The summed E-state index contributed by atoms with van der Waals surface area (Å²) in [7, 11) is 0. The quantitative estimate of drug-likeness (QED) is 0.752. The lowest BCUT2D eigenvalue weighted by atomic mass is 9.48. The van der Waals surface area contributed by atoms with E-state index in [1.807, 2.05) is 12.1 Å². The van der Waals surface area contributed by atoms with Crippen LogP contribution in [-0.2, 0) is 5.41 Å². The van der Waals surface area contributed by atoms with Gasteiger partial charge in [0.1, 0.15) is 5.82 Å². The first-order valence-electron chi connectivity index (χ1n) is 8.43. The molecule has 1 fully saturated rings. The standard InChI is InChI=1S/C19H30FN/c1-5-18(6-2)12-19(13-18,14-21-11-15(3)4)16-9-7-8-10-17(16)20/h7-10,15,21H,5-6,11-14H2,1-4H3. The lowest BCUT2D eigenvalue weighted by Crippen LogP contribution is -2.55. The molecular formula is C19H30FN. The molecule has 1 aromatic rings. The van der Waals surface area contributed by atoms with E-state index in [1.165, 1.54) is 12.8 Å². The van der Waals surface area contributed by atoms with Crippen molar-refractivity contribution >= 4 is 0 Å². The van der Waals surface area contributed by atoms with E-state index in [1.54, 1.807) is 12.1 Å². The largest absolute Gasteiger partial charge is 0.316 e. The highest BCUT2D eigenvalue weighted by Gasteiger charge is 2.53. The van der Waals surface area contributed by atoms with Crippen molar-refractivity contribution in [1.29, 1.82) is 0 Å². The van der Waals surface area contributed by atoms with E-state index in [9.17, 15) is 4.39 Å². The zero-order valence-corrected chi connectivity index (χ0v) is 14.0. The Morgan fingerprint density at radius 1 is 1.14 bits per heavy atom. The van der Waals surface area contributed by atoms with Gasteiger partial charge in [-0.05, 0) is 42.3 Å². The first-order chi connectivity index (χ1) is 9.97. The topological polar surface area (TPSA) is 12.0 Å². The molecule has 1 aromatic carbocycles. The Balaban J connectivity index is 2.19. The van der Waals surface area contributed by atoms with Gasteiger partial charge < -0.3 is 5.32 Å². The van der Waals surface area contributed by atoms with E-state index < -0.39 is 0 Å². The zero-order chi connectivity index (χ0) is 15.5. The minimum Gasteiger partial charge on any atom is -0.316 e. The van der Waals surface area contributed by atoms with Crippen LogP contribution in [0.25, 0.3) is 0 Å². The van der Waals surface area contributed by atoms with Gasteiger partial charge in [0.2, 0.25) is 0 Å². The van der Waals surface area contributed by atoms with Gasteiger partial charge in [-0.1, -0.05) is 58.7 Å². The van der Waals surface area contributed by atoms with Crippen molar-refractivity contribution in [2.45, 2.75) is 58.8 Å². The molecule has 2 rings (SSSR count). The van der Waals surface area contributed by atoms with Crippen molar-refractivity contribution in [3.8, 4) is 0 Å². The van der Waals surface area contributed by atoms with Gasteiger partial charge in [0.05, 0.1) is 0 Å². The molecule has 1 nitrogen and oxygen atoms in total. The van der Waals surface area contributed by atoms with Gasteiger partial charge in [0.15, 0.2) is 0 Å². The zero-order valence-electron chi connectivity index (χ0n) is 14.0. The van der Waals surface area contributed by atoms with Crippen LogP contribution in [0.15, 0.2) is 24.3 Å². The van der Waals surface area contributed by atoms with Crippen LogP contribution in [0, 0.1) is 17.2 Å². The van der Waals surface area contributed by atoms with Crippen LogP contribution in [0.4, 0.5) is 4.39 Å². The SMILES string of the molecule is CCC1(CC)CC(CNCC(C)C)(c2ccccc2F)C1. The van der Waals surface area contributed by atoms with Crippen LogP contribution < -0.4 is 5.32 Å². The molecule has 0 aliphatic heterocycles. The molecule has 1 aliphatic rings. The first kappa shape index (κ1) is 16.5. The van der Waals surface area contributed by atoms with E-state index in [2.05, 4.69) is 33.0 Å². The van der Waals surface area contributed by atoms with Gasteiger partial charge >= 0.3 is 0 Å². The van der Waals surface area contributed by atoms with Crippen molar-refractivity contribution in [2.75, 3.05) is 13.1 Å². The van der Waals surface area contributed by atoms with Crippen LogP contribution in [0.5, 0.6) is 0 Å². The molecule has 0 amide bonds. The average molecular weight is 291 g/mol. The van der Waals surface area contributed by atoms with Gasteiger partial charge in [-0.3, -0.25) is 0 Å². The third kappa shape index (κ3) is 3.31. The van der Waals surface area contributed by atoms with Crippen LogP contribution in [-0.4, -0.2) is 13.1 Å². The monoisotopic (exact) mass is 291 g/mol. The molecule has 1 saturated carbocycles. The molecular weight excluding hydrogens is 261 g/mol. The van der Waals surface area contributed by atoms with Crippen molar-refractivity contribution in [3.05, 3.63) is 35.6 Å². The predicted molar refractivity (Wildman–Crippen MR) is 88.0 cm³/mol. The molecule has 2 heteroatoms. The number of rotatable bonds is 7. The third-order valence-electron chi connectivity index (χ3n) is 5.39. The Bertz CT molecular complexity index is 454. The summed E-state index contributed by atoms with van der Waals surface area (Å²) in [6.45, 7) is 10.9. The summed E-state index contributed by atoms with van der Waals surface area (Å²) in [5, 5.41) is 3.57. The van der Waals surface area contributed by atoms with Gasteiger partial charge in [-0.2, -0.15) is 0 Å². The molecule has 0 spiro atoms. The van der Waals surface area contributed by atoms with E-state index in [-0.39, 0.29) is 11.2 Å². The van der Waals surface area contributed by atoms with Gasteiger partial charge in [0.25, 0.3) is 0 Å². The molecule has 1 N–H and O–H groups in total. The summed E-state index contributed by atoms with van der Waals surface area (Å²) >= 11 is 0. The maximum absolute atomic E-state index is 14.3. The van der Waals surface area contributed by atoms with Crippen LogP contribution >= 0.6 is 0 Å². The van der Waals surface area contributed by atoms with Crippen molar-refractivity contribution < 1.29 is 4.39 Å². The fourth-order valence-corrected chi connectivity index (χ4v) is 4.04. The van der Waals surface area contributed by atoms with E-state index in [0.717, 1.165) is 31.5 Å². The Morgan fingerprint density at radius 3 is 2.29 bits per heavy atom. The van der Waals surface area contributed by atoms with Gasteiger partial charge in [-0.25, -0.2) is 4.39 Å². The van der Waals surface area contributed by atoms with Gasteiger partial charge in [0, 0.05) is 12.0 Å². The molecule has 0 atom stereocenters. The Labute approximate surface area is 129 Å². The van der Waals surface area contributed by atoms with Gasteiger partial charge in [-0.15, -0.1) is 0 Å². The van der Waals surface area contributed by atoms with Crippen LogP contribution in [0.2, 0.25) is 0 Å². The predicted octanol–water partition coefficient (Wildman–Crippen LogP) is 4.91. The molecule has 0 aromatic heterocycles. The Kier molecular flexibility index (Phi) is 5.08. The summed E-state index contributed by atoms with van der Waals surface area (Å²) in [6, 6.07) is 7.36. The lowest BCUT2D eigenvalue weighted by molar-refractivity contribution is 0.0105. The Morgan fingerprint density at radius 2 is 1.76 bits per heavy atom. The molecule has 0 bridgehead atoms. The summed E-state index contributed by atoms with van der Waals surface area (Å²) in [5.41, 5.74) is 1.33. The molecule has 0 saturated heterocycles. The fourth-order valence-electron chi connectivity index (χ4n) is 4.04. The first-order valence-corrected chi connectivity index (χ1v) is 8.43. The van der Waals surface area contributed by atoms with E-state index >= 15 is 0 Å². The lowest BCUT2D eigenvalue weighted by Gasteiger charge is -2.57. The maximum Gasteiger partial charge on any atom is 0.127 e. The van der Waals surface area contributed by atoms with Crippen LogP contribution in [0.1, 0.15) is 58.9 Å². The summed E-state index contributed by atoms with van der Waals surface area (Å²) in [4.78, 5) is 0. The second kappa shape index (κ2) is 6.48. The average Bonchev–Trinajstić information content (AvgIpc) is 2.42. The van der Waals surface area contributed by atoms with Crippen molar-refractivity contribution in [3.63, 3.8) is 0 Å². The highest BCUT2D eigenvalue weighted by atomic mass is 19.1. The maximum atomic E-state index is 14.3. The number of hydrogen-bond acceptors (Lipinski definition) is 1. The highest BCUT2D eigenvalue weighted by Crippen LogP contribution is 2.59. The molecule has 118 valence electrons. The minimum atomic E-state index is -0.0374. The highest BCUT2D eigenvalue weighted by molar-refractivity contribution is 5.32. The van der Waals surface area contributed by atoms with E-state index in [0.29, 0.717) is 11.3 Å². The third-order valence-corrected chi connectivity index (χ3v) is 5.39. The molecule has 1 aliphatic carbocycles. The van der Waals surface area contributed by atoms with Crippen molar-refractivity contribution in [1.82, 2.24) is 5.32 Å². The van der Waals surface area contributed by atoms with Crippen LogP contribution in [0.3, 0.4) is 0 Å². The molecule has 21 heavy (non-hydrogen) atoms. The number of benzene rings is 1. The Hall–Kier alpha value is -0.890. The summed E-state index contributed by atoms with van der Waals surface area (Å²) < 4.78 is 14.3. The summed E-state index contributed by atoms with van der Waals surface area (Å²) in [5.74, 6) is 0.592. The molecule has 0 unspecified atom stereocenters. The fraction of sp³-hybridized carbons (Fsp3) is 0.684. The number of hydrogen-bond donors (Lipinski definition) is 1. The molecule has 0 radical (unpaired) electrons. The normalized spacial score (nSPS) is 19.5. The number of halogens is 1. The smallest absolute Gasteiger partial charge is 0.127 e. The second-order valence-electron chi connectivity index (χ2n) is 7.35. The minimum absolute atomic E-state index is 0.00769. The number of nitrogens with one attached hydrogen (secondary N) is 1. The van der Waals surface area contributed by atoms with E-state index in [4.69, 9.17) is 0 Å².